The molecule has 0 aliphatic heterocycles. The molecule has 3 rings (SSSR count). The molecule has 0 saturated heterocycles. The topological polar surface area (TPSA) is 46.5 Å². The highest BCUT2D eigenvalue weighted by atomic mass is 32.1. The van der Waals surface area contributed by atoms with E-state index < -0.39 is 5.97 Å². The maximum atomic E-state index is 10.8. The Balaban J connectivity index is 1.87. The number of carboxylic acid groups (broad SMARTS) is 1. The Kier molecular flexibility index (Phi) is 2.80. The van der Waals surface area contributed by atoms with Gasteiger partial charge in [0.2, 0.25) is 0 Å². The molecule has 4 heteroatoms. The summed E-state index contributed by atoms with van der Waals surface area (Å²) in [6.07, 6.45) is 2.64. The van der Waals surface area contributed by atoms with Gasteiger partial charge in [0, 0.05) is 10.3 Å². The number of benzene rings is 1. The van der Waals surface area contributed by atoms with Gasteiger partial charge in [0.25, 0.3) is 0 Å². The second-order valence-electron chi connectivity index (χ2n) is 4.35. The van der Waals surface area contributed by atoms with Crippen molar-refractivity contribution in [1.29, 1.82) is 0 Å². The summed E-state index contributed by atoms with van der Waals surface area (Å²) in [6.45, 7) is 0. The maximum absolute atomic E-state index is 10.8. The van der Waals surface area contributed by atoms with E-state index in [1.54, 1.807) is 11.4 Å². The standard InChI is InChI=1S/C14H12O3S/c15-14(16)10-7-13(18-8-10)9-2-1-3-12(6-9)17-11-4-5-11/h1-3,6-8,11H,4-5H2,(H,15,16). The third-order valence-corrected chi connectivity index (χ3v) is 3.77. The highest BCUT2D eigenvalue weighted by molar-refractivity contribution is 7.13. The zero-order chi connectivity index (χ0) is 12.5. The number of carboxylic acids is 1. The summed E-state index contributed by atoms with van der Waals surface area (Å²) in [5, 5.41) is 10.6. The van der Waals surface area contributed by atoms with E-state index >= 15 is 0 Å². The van der Waals surface area contributed by atoms with Gasteiger partial charge in [-0.05, 0) is 36.6 Å². The zero-order valence-electron chi connectivity index (χ0n) is 9.63. The van der Waals surface area contributed by atoms with Gasteiger partial charge in [0.1, 0.15) is 5.75 Å². The number of rotatable bonds is 4. The molecule has 1 aliphatic carbocycles. The number of aromatic carboxylic acids is 1. The molecule has 2 aromatic rings. The predicted molar refractivity (Wildman–Crippen MR) is 70.4 cm³/mol. The molecule has 1 heterocycles. The Labute approximate surface area is 109 Å². The average Bonchev–Trinajstić information content (AvgIpc) is 3.03. The van der Waals surface area contributed by atoms with E-state index in [9.17, 15) is 4.79 Å². The summed E-state index contributed by atoms with van der Waals surface area (Å²) < 4.78 is 5.73. The van der Waals surface area contributed by atoms with Gasteiger partial charge < -0.3 is 9.84 Å². The Bertz CT molecular complexity index is 584. The molecule has 3 nitrogen and oxygen atoms in total. The molecule has 1 aliphatic rings. The molecule has 1 N–H and O–H groups in total. The van der Waals surface area contributed by atoms with Crippen molar-refractivity contribution in [2.75, 3.05) is 0 Å². The molecule has 0 radical (unpaired) electrons. The summed E-state index contributed by atoms with van der Waals surface area (Å²) in [6, 6.07) is 9.51. The molecule has 1 fully saturated rings. The van der Waals surface area contributed by atoms with Crippen molar-refractivity contribution in [2.45, 2.75) is 18.9 Å². The molecule has 0 unspecified atom stereocenters. The van der Waals surface area contributed by atoms with Crippen LogP contribution >= 0.6 is 11.3 Å². The third-order valence-electron chi connectivity index (χ3n) is 2.79. The molecule has 0 bridgehead atoms. The normalized spacial score (nSPS) is 14.4. The SMILES string of the molecule is O=C(O)c1csc(-c2cccc(OC3CC3)c2)c1. The van der Waals surface area contributed by atoms with Crippen LogP contribution in [0, 0.1) is 0 Å². The molecule has 1 aromatic heterocycles. The first-order valence-corrected chi connectivity index (χ1v) is 6.69. The molecule has 0 atom stereocenters. The lowest BCUT2D eigenvalue weighted by Crippen LogP contribution is -1.95. The molecule has 1 aromatic carbocycles. The molecular weight excluding hydrogens is 248 g/mol. The van der Waals surface area contributed by atoms with E-state index in [-0.39, 0.29) is 0 Å². The molecule has 0 spiro atoms. The first kappa shape index (κ1) is 11.3. The predicted octanol–water partition coefficient (Wildman–Crippen LogP) is 3.65. The van der Waals surface area contributed by atoms with Crippen LogP contribution in [0.5, 0.6) is 5.75 Å². The van der Waals surface area contributed by atoms with Gasteiger partial charge in [-0.25, -0.2) is 4.79 Å². The summed E-state index contributed by atoms with van der Waals surface area (Å²) in [5.74, 6) is -0.0249. The minimum absolute atomic E-state index is 0.337. The number of hydrogen-bond donors (Lipinski definition) is 1. The van der Waals surface area contributed by atoms with Crippen molar-refractivity contribution in [1.82, 2.24) is 0 Å². The van der Waals surface area contributed by atoms with Crippen molar-refractivity contribution < 1.29 is 14.6 Å². The Morgan fingerprint density at radius 3 is 2.83 bits per heavy atom. The quantitative estimate of drug-likeness (QED) is 0.912. The number of carbonyl (C=O) groups is 1. The van der Waals surface area contributed by atoms with Crippen LogP contribution < -0.4 is 4.74 Å². The molecule has 92 valence electrons. The van der Waals surface area contributed by atoms with Crippen LogP contribution in [0.3, 0.4) is 0 Å². The molecular formula is C14H12O3S. The third kappa shape index (κ3) is 2.38. The first-order valence-electron chi connectivity index (χ1n) is 5.81. The fourth-order valence-corrected chi connectivity index (χ4v) is 2.58. The van der Waals surface area contributed by atoms with Crippen LogP contribution in [-0.2, 0) is 0 Å². The van der Waals surface area contributed by atoms with E-state index in [0.29, 0.717) is 11.7 Å². The van der Waals surface area contributed by atoms with E-state index in [0.717, 1.165) is 29.0 Å². The van der Waals surface area contributed by atoms with Crippen LogP contribution in [0.15, 0.2) is 35.7 Å². The van der Waals surface area contributed by atoms with Crippen LogP contribution in [0.1, 0.15) is 23.2 Å². The fraction of sp³-hybridized carbons (Fsp3) is 0.214. The van der Waals surface area contributed by atoms with Crippen LogP contribution in [0.25, 0.3) is 10.4 Å². The first-order chi connectivity index (χ1) is 8.72. The summed E-state index contributed by atoms with van der Waals surface area (Å²) in [4.78, 5) is 11.8. The molecule has 1 saturated carbocycles. The highest BCUT2D eigenvalue weighted by Gasteiger charge is 2.23. The fourth-order valence-electron chi connectivity index (χ4n) is 1.70. The second kappa shape index (κ2) is 4.46. The lowest BCUT2D eigenvalue weighted by atomic mass is 10.1. The van der Waals surface area contributed by atoms with Gasteiger partial charge in [0.15, 0.2) is 0 Å². The largest absolute Gasteiger partial charge is 0.490 e. The number of thiophene rings is 1. The van der Waals surface area contributed by atoms with Crippen molar-refractivity contribution >= 4 is 17.3 Å². The van der Waals surface area contributed by atoms with Gasteiger partial charge in [-0.3, -0.25) is 0 Å². The summed E-state index contributed by atoms with van der Waals surface area (Å²) >= 11 is 1.44. The van der Waals surface area contributed by atoms with E-state index in [1.807, 2.05) is 24.3 Å². The molecule has 0 amide bonds. The number of ether oxygens (including phenoxy) is 1. The molecule has 18 heavy (non-hydrogen) atoms. The van der Waals surface area contributed by atoms with Crippen molar-refractivity contribution in [2.24, 2.45) is 0 Å². The Hall–Kier alpha value is -1.81. The van der Waals surface area contributed by atoms with Crippen LogP contribution in [0.4, 0.5) is 0 Å². The van der Waals surface area contributed by atoms with Crippen molar-refractivity contribution in [3.8, 4) is 16.2 Å². The monoisotopic (exact) mass is 260 g/mol. The minimum Gasteiger partial charge on any atom is -0.490 e. The van der Waals surface area contributed by atoms with E-state index in [4.69, 9.17) is 9.84 Å². The minimum atomic E-state index is -0.886. The Morgan fingerprint density at radius 2 is 2.17 bits per heavy atom. The summed E-state index contributed by atoms with van der Waals surface area (Å²) in [7, 11) is 0. The van der Waals surface area contributed by atoms with Crippen molar-refractivity contribution in [3.05, 3.63) is 41.3 Å². The Morgan fingerprint density at radius 1 is 1.33 bits per heavy atom. The maximum Gasteiger partial charge on any atom is 0.336 e. The van der Waals surface area contributed by atoms with E-state index in [1.165, 1.54) is 11.3 Å². The van der Waals surface area contributed by atoms with Gasteiger partial charge >= 0.3 is 5.97 Å². The van der Waals surface area contributed by atoms with Gasteiger partial charge in [-0.1, -0.05) is 12.1 Å². The average molecular weight is 260 g/mol. The lowest BCUT2D eigenvalue weighted by Gasteiger charge is -2.05. The summed E-state index contributed by atoms with van der Waals surface area (Å²) in [5.41, 5.74) is 1.34. The van der Waals surface area contributed by atoms with E-state index in [2.05, 4.69) is 0 Å². The zero-order valence-corrected chi connectivity index (χ0v) is 10.4. The smallest absolute Gasteiger partial charge is 0.336 e. The van der Waals surface area contributed by atoms with Crippen LogP contribution in [0.2, 0.25) is 0 Å². The van der Waals surface area contributed by atoms with Gasteiger partial charge in [-0.15, -0.1) is 11.3 Å². The van der Waals surface area contributed by atoms with Crippen LogP contribution in [-0.4, -0.2) is 17.2 Å². The van der Waals surface area contributed by atoms with Gasteiger partial charge in [-0.2, -0.15) is 0 Å². The van der Waals surface area contributed by atoms with Gasteiger partial charge in [0.05, 0.1) is 11.7 Å². The van der Waals surface area contributed by atoms with Crippen molar-refractivity contribution in [3.63, 3.8) is 0 Å². The number of hydrogen-bond acceptors (Lipinski definition) is 3. The second-order valence-corrected chi connectivity index (χ2v) is 5.26. The lowest BCUT2D eigenvalue weighted by molar-refractivity contribution is 0.0697. The highest BCUT2D eigenvalue weighted by Crippen LogP contribution is 2.32.